The monoisotopic (exact) mass is 275 g/mol. The second-order valence-corrected chi connectivity index (χ2v) is 6.58. The molecule has 1 fully saturated rings. The van der Waals surface area contributed by atoms with Crippen LogP contribution in [0.3, 0.4) is 0 Å². The minimum Gasteiger partial charge on any atom is -0.496 e. The zero-order valence-corrected chi connectivity index (χ0v) is 13.0. The number of hydrogen-bond donors (Lipinski definition) is 0. The molecule has 0 aliphatic carbocycles. The number of carbonyl (C=O) groups is 1. The molecule has 1 aliphatic rings. The van der Waals surface area contributed by atoms with Crippen molar-refractivity contribution in [2.24, 2.45) is 5.41 Å². The van der Waals surface area contributed by atoms with Crippen LogP contribution < -0.4 is 4.74 Å². The van der Waals surface area contributed by atoms with Crippen LogP contribution in [-0.4, -0.2) is 31.0 Å². The highest BCUT2D eigenvalue weighted by molar-refractivity contribution is 5.81. The number of nitrogens with zero attached hydrogens (tertiary/aromatic N) is 1. The summed E-state index contributed by atoms with van der Waals surface area (Å²) < 4.78 is 5.46. The number of amides is 1. The normalized spacial score (nSPS) is 19.8. The summed E-state index contributed by atoms with van der Waals surface area (Å²) in [7, 11) is 1.71. The lowest BCUT2D eigenvalue weighted by atomic mass is 9.87. The van der Waals surface area contributed by atoms with Gasteiger partial charge < -0.3 is 9.64 Å². The SMILES string of the molecule is COc1ccccc1C1CCCN(C(=O)C(C)(C)C)C1. The van der Waals surface area contributed by atoms with Gasteiger partial charge in [-0.2, -0.15) is 0 Å². The third kappa shape index (κ3) is 3.14. The molecule has 3 heteroatoms. The molecular weight excluding hydrogens is 250 g/mol. The Kier molecular flexibility index (Phi) is 4.36. The van der Waals surface area contributed by atoms with E-state index in [1.54, 1.807) is 7.11 Å². The number of likely N-dealkylation sites (tertiary alicyclic amines) is 1. The average molecular weight is 275 g/mol. The van der Waals surface area contributed by atoms with Gasteiger partial charge in [0.2, 0.25) is 5.91 Å². The van der Waals surface area contributed by atoms with E-state index in [9.17, 15) is 4.79 Å². The van der Waals surface area contributed by atoms with E-state index in [4.69, 9.17) is 4.74 Å². The number of piperidine rings is 1. The zero-order chi connectivity index (χ0) is 14.8. The molecule has 0 N–H and O–H groups in total. The Morgan fingerprint density at radius 2 is 2.00 bits per heavy atom. The van der Waals surface area contributed by atoms with Crippen LogP contribution in [0.5, 0.6) is 5.75 Å². The van der Waals surface area contributed by atoms with Gasteiger partial charge in [0.1, 0.15) is 5.75 Å². The molecule has 20 heavy (non-hydrogen) atoms. The molecule has 0 bridgehead atoms. The molecule has 2 rings (SSSR count). The van der Waals surface area contributed by atoms with Gasteiger partial charge in [-0.1, -0.05) is 39.0 Å². The van der Waals surface area contributed by atoms with E-state index in [-0.39, 0.29) is 11.3 Å². The molecule has 1 unspecified atom stereocenters. The first-order valence-electron chi connectivity index (χ1n) is 7.36. The summed E-state index contributed by atoms with van der Waals surface area (Å²) in [6.07, 6.45) is 2.18. The van der Waals surface area contributed by atoms with Crippen molar-refractivity contribution in [3.05, 3.63) is 29.8 Å². The van der Waals surface area contributed by atoms with Gasteiger partial charge in [0.05, 0.1) is 7.11 Å². The van der Waals surface area contributed by atoms with Crippen LogP contribution in [0.2, 0.25) is 0 Å². The third-order valence-electron chi connectivity index (χ3n) is 3.93. The molecule has 1 heterocycles. The Labute approximate surface area is 121 Å². The van der Waals surface area contributed by atoms with E-state index < -0.39 is 0 Å². The maximum absolute atomic E-state index is 12.4. The van der Waals surface area contributed by atoms with Gasteiger partial charge in [0.15, 0.2) is 0 Å². The van der Waals surface area contributed by atoms with Crippen molar-refractivity contribution >= 4 is 5.91 Å². The molecule has 1 saturated heterocycles. The van der Waals surface area contributed by atoms with Crippen LogP contribution in [0, 0.1) is 5.41 Å². The molecule has 0 aromatic heterocycles. The Morgan fingerprint density at radius 1 is 1.30 bits per heavy atom. The predicted molar refractivity (Wildman–Crippen MR) is 81.0 cm³/mol. The lowest BCUT2D eigenvalue weighted by Gasteiger charge is -2.37. The van der Waals surface area contributed by atoms with E-state index >= 15 is 0 Å². The molecule has 1 aromatic rings. The molecular formula is C17H25NO2. The number of carbonyl (C=O) groups excluding carboxylic acids is 1. The quantitative estimate of drug-likeness (QED) is 0.827. The van der Waals surface area contributed by atoms with E-state index in [0.717, 1.165) is 31.7 Å². The smallest absolute Gasteiger partial charge is 0.227 e. The first-order chi connectivity index (χ1) is 9.43. The highest BCUT2D eigenvalue weighted by atomic mass is 16.5. The van der Waals surface area contributed by atoms with E-state index in [1.807, 2.05) is 43.9 Å². The molecule has 1 atom stereocenters. The van der Waals surface area contributed by atoms with E-state index in [2.05, 4.69) is 6.07 Å². The lowest BCUT2D eigenvalue weighted by Crippen LogP contribution is -2.44. The minimum atomic E-state index is -0.303. The van der Waals surface area contributed by atoms with Crippen molar-refractivity contribution in [2.75, 3.05) is 20.2 Å². The van der Waals surface area contributed by atoms with Crippen molar-refractivity contribution < 1.29 is 9.53 Å². The first kappa shape index (κ1) is 14.9. The van der Waals surface area contributed by atoms with E-state index in [0.29, 0.717) is 5.92 Å². The van der Waals surface area contributed by atoms with Crippen molar-refractivity contribution in [3.63, 3.8) is 0 Å². The van der Waals surface area contributed by atoms with Crippen LogP contribution in [0.4, 0.5) is 0 Å². The largest absolute Gasteiger partial charge is 0.496 e. The van der Waals surface area contributed by atoms with Gasteiger partial charge in [-0.3, -0.25) is 4.79 Å². The van der Waals surface area contributed by atoms with Crippen LogP contribution in [0.25, 0.3) is 0 Å². The Morgan fingerprint density at radius 3 is 2.65 bits per heavy atom. The molecule has 0 saturated carbocycles. The first-order valence-corrected chi connectivity index (χ1v) is 7.36. The summed E-state index contributed by atoms with van der Waals surface area (Å²) >= 11 is 0. The second-order valence-electron chi connectivity index (χ2n) is 6.58. The summed E-state index contributed by atoms with van der Waals surface area (Å²) in [6.45, 7) is 7.64. The van der Waals surface area contributed by atoms with Gasteiger partial charge in [-0.15, -0.1) is 0 Å². The van der Waals surface area contributed by atoms with Gasteiger partial charge in [0, 0.05) is 24.4 Å². The standard InChI is InChI=1S/C17H25NO2/c1-17(2,3)16(19)18-11-7-8-13(12-18)14-9-5-6-10-15(14)20-4/h5-6,9-10,13H,7-8,11-12H2,1-4H3. The van der Waals surface area contributed by atoms with Gasteiger partial charge in [-0.05, 0) is 24.5 Å². The van der Waals surface area contributed by atoms with Gasteiger partial charge >= 0.3 is 0 Å². The number of methoxy groups -OCH3 is 1. The molecule has 0 spiro atoms. The average Bonchev–Trinajstić information content (AvgIpc) is 2.45. The lowest BCUT2D eigenvalue weighted by molar-refractivity contribution is -0.140. The fourth-order valence-electron chi connectivity index (χ4n) is 2.89. The van der Waals surface area contributed by atoms with Crippen molar-refractivity contribution in [3.8, 4) is 5.75 Å². The topological polar surface area (TPSA) is 29.5 Å². The van der Waals surface area contributed by atoms with Crippen molar-refractivity contribution in [1.82, 2.24) is 4.90 Å². The van der Waals surface area contributed by atoms with Gasteiger partial charge in [-0.25, -0.2) is 0 Å². The molecule has 110 valence electrons. The molecule has 3 nitrogen and oxygen atoms in total. The summed E-state index contributed by atoms with van der Waals surface area (Å²) in [4.78, 5) is 14.5. The summed E-state index contributed by atoms with van der Waals surface area (Å²) in [5.74, 6) is 1.56. The minimum absolute atomic E-state index is 0.247. The summed E-state index contributed by atoms with van der Waals surface area (Å²) in [5, 5.41) is 0. The Balaban J connectivity index is 2.17. The Hall–Kier alpha value is -1.51. The van der Waals surface area contributed by atoms with Crippen LogP contribution in [0.15, 0.2) is 24.3 Å². The Bertz CT molecular complexity index is 476. The molecule has 1 aliphatic heterocycles. The fourth-order valence-corrected chi connectivity index (χ4v) is 2.89. The zero-order valence-electron chi connectivity index (χ0n) is 13.0. The third-order valence-corrected chi connectivity index (χ3v) is 3.93. The molecule has 0 radical (unpaired) electrons. The summed E-state index contributed by atoms with van der Waals surface area (Å²) in [6, 6.07) is 8.15. The van der Waals surface area contributed by atoms with Crippen LogP contribution in [0.1, 0.15) is 45.1 Å². The maximum atomic E-state index is 12.4. The summed E-state index contributed by atoms with van der Waals surface area (Å²) in [5.41, 5.74) is 0.921. The number of para-hydroxylation sites is 1. The molecule has 1 amide bonds. The van der Waals surface area contributed by atoms with Crippen LogP contribution in [-0.2, 0) is 4.79 Å². The number of rotatable bonds is 2. The predicted octanol–water partition coefficient (Wildman–Crippen LogP) is 3.45. The van der Waals surface area contributed by atoms with Crippen LogP contribution >= 0.6 is 0 Å². The highest BCUT2D eigenvalue weighted by Crippen LogP contribution is 2.34. The number of ether oxygens (including phenoxy) is 1. The van der Waals surface area contributed by atoms with Crippen molar-refractivity contribution in [2.45, 2.75) is 39.5 Å². The second kappa shape index (κ2) is 5.86. The van der Waals surface area contributed by atoms with Gasteiger partial charge in [0.25, 0.3) is 0 Å². The number of benzene rings is 1. The highest BCUT2D eigenvalue weighted by Gasteiger charge is 2.32. The van der Waals surface area contributed by atoms with Crippen molar-refractivity contribution in [1.29, 1.82) is 0 Å². The van der Waals surface area contributed by atoms with E-state index in [1.165, 1.54) is 5.56 Å². The number of hydrogen-bond acceptors (Lipinski definition) is 2. The molecule has 1 aromatic carbocycles. The maximum Gasteiger partial charge on any atom is 0.227 e. The fraction of sp³-hybridized carbons (Fsp3) is 0.588.